The van der Waals surface area contributed by atoms with E-state index in [1.165, 1.54) is 0 Å². The SMILES string of the molecule is CC1(C)[C@H](NS(=O)(=O)C(F)(F)F)CC[C@]2(C)[C@H]3C(=O)C=C4[C@@H]5C[C@@](C)(C(=O)O)CC[C@]5(C)CC[C@@]4(C)[C@]3(C)CC[C@@H]12. The maximum Gasteiger partial charge on any atom is 0.511 e. The lowest BCUT2D eigenvalue weighted by Gasteiger charge is -2.70. The zero-order valence-electron chi connectivity index (χ0n) is 25.4. The number of nitrogens with one attached hydrogen (secondary N) is 1. The number of carbonyl (C=O) groups is 2. The summed E-state index contributed by atoms with van der Waals surface area (Å²) in [6, 6.07) is -0.886. The maximum atomic E-state index is 14.4. The average Bonchev–Trinajstić information content (AvgIpc) is 2.82. The smallest absolute Gasteiger partial charge is 0.481 e. The summed E-state index contributed by atoms with van der Waals surface area (Å²) in [5.41, 5.74) is -7.17. The first-order chi connectivity index (χ1) is 18.5. The van der Waals surface area contributed by atoms with Crippen molar-refractivity contribution in [3.8, 4) is 0 Å². The van der Waals surface area contributed by atoms with Crippen LogP contribution in [0.3, 0.4) is 0 Å². The molecule has 0 saturated heterocycles. The van der Waals surface area contributed by atoms with Gasteiger partial charge in [0.15, 0.2) is 5.78 Å². The molecule has 0 aromatic carbocycles. The number of fused-ring (bicyclic) bond motifs is 7. The van der Waals surface area contributed by atoms with Gasteiger partial charge >= 0.3 is 21.5 Å². The van der Waals surface area contributed by atoms with Crippen LogP contribution in [0.4, 0.5) is 13.2 Å². The number of allylic oxidation sites excluding steroid dienone is 2. The van der Waals surface area contributed by atoms with Gasteiger partial charge in [-0.3, -0.25) is 9.59 Å². The first-order valence-corrected chi connectivity index (χ1v) is 16.5. The molecule has 0 amide bonds. The molecule has 0 aliphatic heterocycles. The summed E-state index contributed by atoms with van der Waals surface area (Å²) < 4.78 is 65.9. The fourth-order valence-electron chi connectivity index (χ4n) is 10.8. The molecular weight excluding hydrogens is 555 g/mol. The van der Waals surface area contributed by atoms with E-state index in [-0.39, 0.29) is 40.8 Å². The van der Waals surface area contributed by atoms with E-state index in [1.807, 2.05) is 31.6 Å². The van der Waals surface area contributed by atoms with Gasteiger partial charge in [0.05, 0.1) is 5.41 Å². The lowest BCUT2D eigenvalue weighted by Crippen LogP contribution is -2.68. The first-order valence-electron chi connectivity index (χ1n) is 15.1. The molecule has 0 unspecified atom stereocenters. The molecule has 232 valence electrons. The van der Waals surface area contributed by atoms with Crippen molar-refractivity contribution in [3.05, 3.63) is 11.6 Å². The van der Waals surface area contributed by atoms with Gasteiger partial charge in [0.1, 0.15) is 0 Å². The molecule has 0 heterocycles. The number of hydrogen-bond donors (Lipinski definition) is 2. The Morgan fingerprint density at radius 1 is 0.951 bits per heavy atom. The molecule has 6 nitrogen and oxygen atoms in total. The number of ketones is 1. The van der Waals surface area contributed by atoms with Gasteiger partial charge in [-0.15, -0.1) is 0 Å². The van der Waals surface area contributed by atoms with E-state index in [0.717, 1.165) is 24.8 Å². The van der Waals surface area contributed by atoms with Crippen molar-refractivity contribution in [2.45, 2.75) is 118 Å². The predicted molar refractivity (Wildman–Crippen MR) is 149 cm³/mol. The second-order valence-corrected chi connectivity index (χ2v) is 17.7. The molecule has 0 aromatic heterocycles. The van der Waals surface area contributed by atoms with Gasteiger partial charge in [-0.05, 0) is 110 Å². The Bertz CT molecular complexity index is 1310. The van der Waals surface area contributed by atoms with E-state index >= 15 is 0 Å². The topological polar surface area (TPSA) is 101 Å². The van der Waals surface area contributed by atoms with Crippen molar-refractivity contribution < 1.29 is 36.3 Å². The van der Waals surface area contributed by atoms with Crippen molar-refractivity contribution >= 4 is 21.8 Å². The van der Waals surface area contributed by atoms with E-state index in [0.29, 0.717) is 32.1 Å². The number of aliphatic carboxylic acids is 1. The van der Waals surface area contributed by atoms with E-state index in [1.54, 1.807) is 0 Å². The standard InChI is InChI=1S/C31H46F3NO5S/c1-25(2)21-8-11-30(7)23(28(21,5)10-9-22(25)35-41(39,40)31(32,33)34)20(36)16-18-19-17-27(4,24(37)38)13-12-26(19,3)14-15-29(18,30)6/h16,19,21-23,35H,8-15,17H2,1-7H3,(H,37,38)/t19-,21-,22+,23+,26+,27-,28-,29+,30+/m0/s1. The van der Waals surface area contributed by atoms with Crippen molar-refractivity contribution in [2.24, 2.45) is 50.2 Å². The quantitative estimate of drug-likeness (QED) is 0.368. The number of carboxylic acid groups (broad SMARTS) is 1. The van der Waals surface area contributed by atoms with Crippen LogP contribution in [0, 0.1) is 50.2 Å². The van der Waals surface area contributed by atoms with Gasteiger partial charge < -0.3 is 5.11 Å². The molecule has 4 saturated carbocycles. The van der Waals surface area contributed by atoms with Crippen LogP contribution in [-0.2, 0) is 19.6 Å². The molecule has 0 radical (unpaired) electrons. The van der Waals surface area contributed by atoms with Crippen LogP contribution < -0.4 is 4.72 Å². The average molecular weight is 602 g/mol. The Labute approximate surface area is 242 Å². The Morgan fingerprint density at radius 2 is 1.56 bits per heavy atom. The third-order valence-corrected chi connectivity index (χ3v) is 14.9. The number of sulfonamides is 1. The molecule has 0 spiro atoms. The normalized spacial score (nSPS) is 47.8. The highest BCUT2D eigenvalue weighted by Crippen LogP contribution is 2.75. The summed E-state index contributed by atoms with van der Waals surface area (Å²) in [5, 5.41) is 10.1. The second kappa shape index (κ2) is 8.82. The summed E-state index contributed by atoms with van der Waals surface area (Å²) in [6.45, 7) is 14.4. The number of rotatable bonds is 3. The predicted octanol–water partition coefficient (Wildman–Crippen LogP) is 6.86. The molecule has 5 aliphatic rings. The van der Waals surface area contributed by atoms with Crippen LogP contribution in [0.2, 0.25) is 0 Å². The Kier molecular flexibility index (Phi) is 6.68. The molecule has 0 bridgehead atoms. The fraction of sp³-hybridized carbons (Fsp3) is 0.871. The van der Waals surface area contributed by atoms with Crippen molar-refractivity contribution in [1.82, 2.24) is 4.72 Å². The van der Waals surface area contributed by atoms with E-state index in [4.69, 9.17) is 0 Å². The van der Waals surface area contributed by atoms with Crippen LogP contribution >= 0.6 is 0 Å². The lowest BCUT2D eigenvalue weighted by molar-refractivity contribution is -0.188. The lowest BCUT2D eigenvalue weighted by atomic mass is 9.33. The molecule has 4 fully saturated rings. The second-order valence-electron chi connectivity index (χ2n) is 16.0. The summed E-state index contributed by atoms with van der Waals surface area (Å²) in [6.07, 6.45) is 7.75. The van der Waals surface area contributed by atoms with Crippen molar-refractivity contribution in [2.75, 3.05) is 0 Å². The fourth-order valence-corrected chi connectivity index (χ4v) is 11.8. The van der Waals surface area contributed by atoms with Crippen LogP contribution in [-0.4, -0.2) is 36.8 Å². The first kappa shape index (κ1) is 31.0. The molecular formula is C31H46F3NO5S. The van der Waals surface area contributed by atoms with Crippen LogP contribution in [0.5, 0.6) is 0 Å². The zero-order chi connectivity index (χ0) is 30.8. The summed E-state index contributed by atoms with van der Waals surface area (Å²) >= 11 is 0. The Hall–Kier alpha value is -1.42. The minimum absolute atomic E-state index is 0.00677. The number of carboxylic acids is 1. The minimum Gasteiger partial charge on any atom is -0.481 e. The Balaban J connectivity index is 1.54. The number of carbonyl (C=O) groups excluding carboxylic acids is 1. The number of hydrogen-bond acceptors (Lipinski definition) is 4. The van der Waals surface area contributed by atoms with Crippen LogP contribution in [0.1, 0.15) is 106 Å². The van der Waals surface area contributed by atoms with E-state index in [2.05, 4.69) is 27.7 Å². The van der Waals surface area contributed by atoms with E-state index in [9.17, 15) is 36.3 Å². The van der Waals surface area contributed by atoms with Crippen molar-refractivity contribution in [3.63, 3.8) is 0 Å². The minimum atomic E-state index is -5.50. The zero-order valence-corrected chi connectivity index (χ0v) is 26.2. The largest absolute Gasteiger partial charge is 0.511 e. The third kappa shape index (κ3) is 4.07. The monoisotopic (exact) mass is 601 g/mol. The molecule has 2 N–H and O–H groups in total. The molecule has 10 heteroatoms. The van der Waals surface area contributed by atoms with Gasteiger partial charge in [-0.2, -0.15) is 13.2 Å². The summed E-state index contributed by atoms with van der Waals surface area (Å²) in [4.78, 5) is 26.7. The summed E-state index contributed by atoms with van der Waals surface area (Å²) in [7, 11) is -5.50. The van der Waals surface area contributed by atoms with Gasteiger partial charge in [-0.25, -0.2) is 13.1 Å². The van der Waals surface area contributed by atoms with Gasteiger partial charge in [0.2, 0.25) is 0 Å². The highest BCUT2D eigenvalue weighted by atomic mass is 32.2. The molecule has 9 atom stereocenters. The van der Waals surface area contributed by atoms with Crippen LogP contribution in [0.25, 0.3) is 0 Å². The van der Waals surface area contributed by atoms with Gasteiger partial charge in [0.25, 0.3) is 0 Å². The summed E-state index contributed by atoms with van der Waals surface area (Å²) in [5.74, 6) is -1.23. The maximum absolute atomic E-state index is 14.4. The third-order valence-electron chi connectivity index (χ3n) is 13.7. The Morgan fingerprint density at radius 3 is 2.15 bits per heavy atom. The molecule has 0 aromatic rings. The highest BCUT2D eigenvalue weighted by Gasteiger charge is 2.70. The number of alkyl halides is 3. The molecule has 5 aliphatic carbocycles. The molecule has 5 rings (SSSR count). The number of halogens is 3. The van der Waals surface area contributed by atoms with Crippen molar-refractivity contribution in [1.29, 1.82) is 0 Å². The van der Waals surface area contributed by atoms with Crippen LogP contribution in [0.15, 0.2) is 11.6 Å². The van der Waals surface area contributed by atoms with Gasteiger partial charge in [-0.1, -0.05) is 47.1 Å². The van der Waals surface area contributed by atoms with E-state index < -0.39 is 49.2 Å². The highest BCUT2D eigenvalue weighted by molar-refractivity contribution is 7.90. The van der Waals surface area contributed by atoms with Gasteiger partial charge in [0, 0.05) is 12.0 Å². The molecule has 41 heavy (non-hydrogen) atoms.